The van der Waals surface area contributed by atoms with E-state index in [1.165, 1.54) is 5.56 Å². The minimum atomic E-state index is 0.627. The molecule has 2 heterocycles. The summed E-state index contributed by atoms with van der Waals surface area (Å²) in [4.78, 5) is 4.42. The van der Waals surface area contributed by atoms with Gasteiger partial charge in [0.15, 0.2) is 0 Å². The topological polar surface area (TPSA) is 51.8 Å². The highest BCUT2D eigenvalue weighted by molar-refractivity contribution is 7.98. The molecular formula is C16H17N3OS2. The quantitative estimate of drug-likeness (QED) is 0.604. The van der Waals surface area contributed by atoms with Crippen molar-refractivity contribution >= 4 is 23.1 Å². The van der Waals surface area contributed by atoms with Gasteiger partial charge in [-0.05, 0) is 25.3 Å². The van der Waals surface area contributed by atoms with Crippen molar-refractivity contribution in [2.24, 2.45) is 0 Å². The first-order valence-electron chi connectivity index (χ1n) is 7.20. The highest BCUT2D eigenvalue weighted by atomic mass is 32.2. The van der Waals surface area contributed by atoms with Crippen LogP contribution in [0.25, 0.3) is 0 Å². The second kappa shape index (κ2) is 7.56. The number of thioether (sulfide) groups is 1. The van der Waals surface area contributed by atoms with Crippen LogP contribution in [-0.4, -0.2) is 15.2 Å². The van der Waals surface area contributed by atoms with Crippen LogP contribution in [0.5, 0.6) is 0 Å². The van der Waals surface area contributed by atoms with Gasteiger partial charge in [0.05, 0.1) is 5.75 Å². The van der Waals surface area contributed by atoms with Crippen molar-refractivity contribution < 1.29 is 4.42 Å². The first-order chi connectivity index (χ1) is 10.8. The van der Waals surface area contributed by atoms with Crippen molar-refractivity contribution in [1.29, 1.82) is 0 Å². The number of rotatable bonds is 7. The molecule has 1 aromatic carbocycles. The Morgan fingerprint density at radius 1 is 1.14 bits per heavy atom. The van der Waals surface area contributed by atoms with Crippen LogP contribution in [0, 0.1) is 6.92 Å². The molecule has 114 valence electrons. The summed E-state index contributed by atoms with van der Waals surface area (Å²) in [5, 5.41) is 12.0. The molecule has 6 heteroatoms. The molecule has 22 heavy (non-hydrogen) atoms. The Bertz CT molecular complexity index is 709. The van der Waals surface area contributed by atoms with E-state index in [1.807, 2.05) is 13.0 Å². The summed E-state index contributed by atoms with van der Waals surface area (Å²) in [5.41, 5.74) is 2.41. The van der Waals surface area contributed by atoms with Gasteiger partial charge < -0.3 is 4.42 Å². The SMILES string of the molecule is Cc1csc(CSc2nnc(CCCc3ccccc3)o2)n1. The molecule has 0 amide bonds. The molecule has 0 aliphatic heterocycles. The second-order valence-corrected chi connectivity index (χ2v) is 6.84. The fraction of sp³-hybridized carbons (Fsp3) is 0.312. The van der Waals surface area contributed by atoms with Gasteiger partial charge in [-0.3, -0.25) is 0 Å². The highest BCUT2D eigenvalue weighted by Crippen LogP contribution is 2.23. The normalized spacial score (nSPS) is 11.0. The lowest BCUT2D eigenvalue weighted by Gasteiger charge is -1.98. The lowest BCUT2D eigenvalue weighted by molar-refractivity contribution is 0.409. The van der Waals surface area contributed by atoms with Crippen LogP contribution in [0.15, 0.2) is 45.4 Å². The van der Waals surface area contributed by atoms with Crippen LogP contribution in [0.3, 0.4) is 0 Å². The number of aromatic nitrogens is 3. The van der Waals surface area contributed by atoms with Crippen LogP contribution in [-0.2, 0) is 18.6 Å². The molecule has 0 atom stereocenters. The van der Waals surface area contributed by atoms with E-state index in [4.69, 9.17) is 4.42 Å². The van der Waals surface area contributed by atoms with Gasteiger partial charge in [0.1, 0.15) is 5.01 Å². The molecule has 0 spiro atoms. The molecule has 0 N–H and O–H groups in total. The van der Waals surface area contributed by atoms with E-state index in [1.54, 1.807) is 23.1 Å². The minimum absolute atomic E-state index is 0.627. The number of thiazole rings is 1. The molecule has 0 saturated heterocycles. The number of aryl methyl sites for hydroxylation is 3. The van der Waals surface area contributed by atoms with Crippen molar-refractivity contribution in [3.63, 3.8) is 0 Å². The van der Waals surface area contributed by atoms with Gasteiger partial charge in [0.25, 0.3) is 5.22 Å². The third-order valence-corrected chi connectivity index (χ3v) is 5.11. The van der Waals surface area contributed by atoms with Crippen molar-refractivity contribution in [3.05, 3.63) is 57.9 Å². The first-order valence-corrected chi connectivity index (χ1v) is 9.06. The van der Waals surface area contributed by atoms with E-state index in [-0.39, 0.29) is 0 Å². The van der Waals surface area contributed by atoms with Crippen LogP contribution >= 0.6 is 23.1 Å². The van der Waals surface area contributed by atoms with Crippen LogP contribution < -0.4 is 0 Å². The van der Waals surface area contributed by atoms with E-state index in [9.17, 15) is 0 Å². The number of hydrogen-bond donors (Lipinski definition) is 0. The molecule has 0 unspecified atom stereocenters. The Morgan fingerprint density at radius 2 is 2.00 bits per heavy atom. The fourth-order valence-corrected chi connectivity index (χ4v) is 3.65. The number of nitrogens with zero attached hydrogens (tertiary/aromatic N) is 3. The Kier molecular flexibility index (Phi) is 5.24. The molecule has 4 nitrogen and oxygen atoms in total. The lowest BCUT2D eigenvalue weighted by Crippen LogP contribution is -1.90. The maximum Gasteiger partial charge on any atom is 0.276 e. The lowest BCUT2D eigenvalue weighted by atomic mass is 10.1. The summed E-state index contributed by atoms with van der Waals surface area (Å²) in [5.74, 6) is 1.50. The van der Waals surface area contributed by atoms with E-state index >= 15 is 0 Å². The zero-order valence-electron chi connectivity index (χ0n) is 12.4. The third kappa shape index (κ3) is 4.42. The van der Waals surface area contributed by atoms with Gasteiger partial charge in [-0.25, -0.2) is 4.98 Å². The largest absolute Gasteiger partial charge is 0.416 e. The van der Waals surface area contributed by atoms with Gasteiger partial charge in [-0.1, -0.05) is 42.1 Å². The van der Waals surface area contributed by atoms with Crippen LogP contribution in [0.2, 0.25) is 0 Å². The number of hydrogen-bond acceptors (Lipinski definition) is 6. The van der Waals surface area contributed by atoms with E-state index in [2.05, 4.69) is 44.8 Å². The maximum absolute atomic E-state index is 5.67. The van der Waals surface area contributed by atoms with Gasteiger partial charge in [0.2, 0.25) is 5.89 Å². The Balaban J connectivity index is 1.45. The molecule has 3 aromatic rings. The standard InChI is InChI=1S/C16H17N3OS2/c1-12-10-21-15(17-12)11-22-16-19-18-14(20-16)9-5-8-13-6-3-2-4-7-13/h2-4,6-7,10H,5,8-9,11H2,1H3. The number of benzene rings is 1. The molecule has 2 aromatic heterocycles. The average Bonchev–Trinajstić information content (AvgIpc) is 3.15. The monoisotopic (exact) mass is 331 g/mol. The zero-order valence-corrected chi connectivity index (χ0v) is 14.0. The first kappa shape index (κ1) is 15.2. The molecule has 0 saturated carbocycles. The smallest absolute Gasteiger partial charge is 0.276 e. The van der Waals surface area contributed by atoms with Gasteiger partial charge in [-0.2, -0.15) is 0 Å². The molecule has 3 rings (SSSR count). The second-order valence-electron chi connectivity index (χ2n) is 4.97. The third-order valence-electron chi connectivity index (χ3n) is 3.13. The van der Waals surface area contributed by atoms with Crippen molar-refractivity contribution in [2.45, 2.75) is 37.2 Å². The maximum atomic E-state index is 5.67. The molecule has 0 bridgehead atoms. The fourth-order valence-electron chi connectivity index (χ4n) is 2.08. The summed E-state index contributed by atoms with van der Waals surface area (Å²) in [6, 6.07) is 10.5. The van der Waals surface area contributed by atoms with Crippen LogP contribution in [0.1, 0.15) is 28.6 Å². The highest BCUT2D eigenvalue weighted by Gasteiger charge is 2.08. The Morgan fingerprint density at radius 3 is 2.77 bits per heavy atom. The van der Waals surface area contributed by atoms with E-state index < -0.39 is 0 Å². The summed E-state index contributed by atoms with van der Waals surface area (Å²) in [6.45, 7) is 2.00. The summed E-state index contributed by atoms with van der Waals surface area (Å²) in [6.07, 6.45) is 2.87. The minimum Gasteiger partial charge on any atom is -0.416 e. The Hall–Kier alpha value is -1.66. The Labute approximate surface area is 138 Å². The zero-order chi connectivity index (χ0) is 15.2. The predicted octanol–water partition coefficient (Wildman–Crippen LogP) is 4.30. The summed E-state index contributed by atoms with van der Waals surface area (Å²) >= 11 is 3.21. The van der Waals surface area contributed by atoms with Crippen molar-refractivity contribution in [2.75, 3.05) is 0 Å². The summed E-state index contributed by atoms with van der Waals surface area (Å²) in [7, 11) is 0. The molecule has 0 fully saturated rings. The van der Waals surface area contributed by atoms with Crippen molar-refractivity contribution in [1.82, 2.24) is 15.2 Å². The molecule has 0 radical (unpaired) electrons. The molecular weight excluding hydrogens is 314 g/mol. The van der Waals surface area contributed by atoms with Crippen molar-refractivity contribution in [3.8, 4) is 0 Å². The van der Waals surface area contributed by atoms with E-state index in [0.29, 0.717) is 11.1 Å². The van der Waals surface area contributed by atoms with E-state index in [0.717, 1.165) is 35.7 Å². The van der Waals surface area contributed by atoms with Gasteiger partial charge >= 0.3 is 0 Å². The molecule has 0 aliphatic rings. The summed E-state index contributed by atoms with van der Waals surface area (Å²) < 4.78 is 5.67. The molecule has 0 aliphatic carbocycles. The average molecular weight is 331 g/mol. The van der Waals surface area contributed by atoms with Gasteiger partial charge in [0, 0.05) is 17.5 Å². The van der Waals surface area contributed by atoms with Gasteiger partial charge in [-0.15, -0.1) is 21.5 Å². The predicted molar refractivity (Wildman–Crippen MR) is 89.2 cm³/mol. The van der Waals surface area contributed by atoms with Crippen LogP contribution in [0.4, 0.5) is 0 Å².